The van der Waals surface area contributed by atoms with E-state index in [-0.39, 0.29) is 12.5 Å². The molecule has 4 heteroatoms. The highest BCUT2D eigenvalue weighted by molar-refractivity contribution is 5.76. The van der Waals surface area contributed by atoms with E-state index in [0.717, 1.165) is 89.9 Å². The minimum absolute atomic E-state index is 0.0461. The molecule has 4 nitrogen and oxygen atoms in total. The molecule has 0 aliphatic rings. The van der Waals surface area contributed by atoms with Crippen LogP contribution in [0.5, 0.6) is 0 Å². The Bertz CT molecular complexity index is 1320. The van der Waals surface area contributed by atoms with E-state index in [1.165, 1.54) is 193 Å². The van der Waals surface area contributed by atoms with E-state index in [9.17, 15) is 15.0 Å². The number of allylic oxidation sites excluding steroid dienone is 16. The van der Waals surface area contributed by atoms with Gasteiger partial charge in [0.15, 0.2) is 0 Å². The molecule has 0 rings (SSSR count). The summed E-state index contributed by atoms with van der Waals surface area (Å²) in [5.41, 5.74) is 0. The van der Waals surface area contributed by atoms with E-state index in [2.05, 4.69) is 116 Å². The number of aliphatic hydroxyl groups excluding tert-OH is 2. The van der Waals surface area contributed by atoms with Crippen molar-refractivity contribution >= 4 is 5.91 Å². The first-order valence-electron chi connectivity index (χ1n) is 31.4. The quantitative estimate of drug-likeness (QED) is 0.0420. The largest absolute Gasteiger partial charge is 0.394 e. The minimum atomic E-state index is -0.675. The Balaban J connectivity index is 3.53. The lowest BCUT2D eigenvalue weighted by molar-refractivity contribution is -0.123. The van der Waals surface area contributed by atoms with Crippen LogP contribution in [0.3, 0.4) is 0 Å². The van der Waals surface area contributed by atoms with Gasteiger partial charge in [0.2, 0.25) is 5.91 Å². The molecule has 0 saturated carbocycles. The summed E-state index contributed by atoms with van der Waals surface area (Å²) >= 11 is 0. The third-order valence-corrected chi connectivity index (χ3v) is 14.1. The fourth-order valence-electron chi connectivity index (χ4n) is 9.38. The molecule has 0 spiro atoms. The lowest BCUT2D eigenvalue weighted by atomic mass is 10.0. The molecule has 3 N–H and O–H groups in total. The standard InChI is InChI=1S/C68H121NO3/c1-3-5-7-9-11-13-15-17-19-21-23-25-27-29-31-33-34-36-38-40-42-44-46-48-50-52-54-56-58-60-62-64-68(72)69-66(65-70)67(71)63-61-59-57-55-53-51-49-47-45-43-41-39-37-35-32-30-28-26-24-22-20-18-16-14-12-10-8-6-4-2/h5,7,11,13,17,19,23,25,29,31,34,36,40,42,46,48,66-67,70-71H,3-4,6,8-10,12,14-16,18,20-22,24,26-28,30,32-33,35,37-39,41,43-45,47,49-65H2,1-2H3,(H,69,72)/b7-5-,13-11-,19-17-,25-23-,31-29-,36-34-,42-40-,48-46-. The number of rotatable bonds is 57. The van der Waals surface area contributed by atoms with Crippen LogP contribution >= 0.6 is 0 Å². The van der Waals surface area contributed by atoms with Crippen molar-refractivity contribution in [3.63, 3.8) is 0 Å². The molecular formula is C68H121NO3. The lowest BCUT2D eigenvalue weighted by Gasteiger charge is -2.22. The number of hydrogen-bond donors (Lipinski definition) is 3. The van der Waals surface area contributed by atoms with Gasteiger partial charge in [0.25, 0.3) is 0 Å². The Morgan fingerprint density at radius 2 is 0.611 bits per heavy atom. The van der Waals surface area contributed by atoms with Gasteiger partial charge in [-0.05, 0) is 77.0 Å². The van der Waals surface area contributed by atoms with Crippen molar-refractivity contribution in [2.45, 2.75) is 321 Å². The predicted octanol–water partition coefficient (Wildman–Crippen LogP) is 21.3. The van der Waals surface area contributed by atoms with Crippen LogP contribution in [0.2, 0.25) is 0 Å². The number of unbranched alkanes of at least 4 members (excludes halogenated alkanes) is 34. The Labute approximate surface area is 449 Å². The average molecular weight is 1000 g/mol. The first kappa shape index (κ1) is 69.3. The second kappa shape index (κ2) is 62.6. The molecule has 0 radical (unpaired) electrons. The normalized spacial score (nSPS) is 13.4. The summed E-state index contributed by atoms with van der Waals surface area (Å²) in [4.78, 5) is 12.5. The molecule has 0 aromatic carbocycles. The van der Waals surface area contributed by atoms with E-state index in [4.69, 9.17) is 0 Å². The van der Waals surface area contributed by atoms with Gasteiger partial charge in [-0.3, -0.25) is 4.79 Å². The molecule has 0 fully saturated rings. The number of nitrogens with one attached hydrogen (secondary N) is 1. The van der Waals surface area contributed by atoms with E-state index in [1.54, 1.807) is 0 Å². The molecule has 0 aliphatic heterocycles. The molecule has 0 heterocycles. The summed E-state index contributed by atoms with van der Waals surface area (Å²) in [7, 11) is 0. The maximum atomic E-state index is 12.5. The number of aliphatic hydroxyl groups is 2. The maximum absolute atomic E-state index is 12.5. The molecule has 0 saturated heterocycles. The third kappa shape index (κ3) is 58.2. The van der Waals surface area contributed by atoms with E-state index >= 15 is 0 Å². The first-order chi connectivity index (χ1) is 35.7. The zero-order valence-corrected chi connectivity index (χ0v) is 47.9. The highest BCUT2D eigenvalue weighted by Gasteiger charge is 2.20. The predicted molar refractivity (Wildman–Crippen MR) is 322 cm³/mol. The second-order valence-electron chi connectivity index (χ2n) is 21.1. The molecule has 72 heavy (non-hydrogen) atoms. The van der Waals surface area contributed by atoms with Crippen LogP contribution in [0.25, 0.3) is 0 Å². The van der Waals surface area contributed by atoms with E-state index in [0.29, 0.717) is 12.8 Å². The van der Waals surface area contributed by atoms with Crippen molar-refractivity contribution in [1.82, 2.24) is 5.32 Å². The molecule has 0 aromatic rings. The monoisotopic (exact) mass is 1000 g/mol. The van der Waals surface area contributed by atoms with Gasteiger partial charge in [0.1, 0.15) is 0 Å². The maximum Gasteiger partial charge on any atom is 0.220 e. The van der Waals surface area contributed by atoms with Gasteiger partial charge < -0.3 is 15.5 Å². The van der Waals surface area contributed by atoms with Crippen LogP contribution < -0.4 is 5.32 Å². The minimum Gasteiger partial charge on any atom is -0.394 e. The molecule has 416 valence electrons. The second-order valence-corrected chi connectivity index (χ2v) is 21.1. The van der Waals surface area contributed by atoms with Gasteiger partial charge in [-0.1, -0.05) is 323 Å². The van der Waals surface area contributed by atoms with Crippen LogP contribution in [0.15, 0.2) is 97.2 Å². The van der Waals surface area contributed by atoms with Crippen molar-refractivity contribution in [2.24, 2.45) is 0 Å². The van der Waals surface area contributed by atoms with Crippen molar-refractivity contribution in [1.29, 1.82) is 0 Å². The lowest BCUT2D eigenvalue weighted by Crippen LogP contribution is -2.45. The fourth-order valence-corrected chi connectivity index (χ4v) is 9.38. The molecule has 1 amide bonds. The third-order valence-electron chi connectivity index (χ3n) is 14.1. The van der Waals surface area contributed by atoms with Crippen molar-refractivity contribution in [2.75, 3.05) is 6.61 Å². The highest BCUT2D eigenvalue weighted by Crippen LogP contribution is 2.18. The Morgan fingerprint density at radius 3 is 0.917 bits per heavy atom. The van der Waals surface area contributed by atoms with Crippen molar-refractivity contribution < 1.29 is 15.0 Å². The smallest absolute Gasteiger partial charge is 0.220 e. The van der Waals surface area contributed by atoms with Crippen LogP contribution in [0.1, 0.15) is 309 Å². The van der Waals surface area contributed by atoms with Gasteiger partial charge in [-0.25, -0.2) is 0 Å². The number of amides is 1. The van der Waals surface area contributed by atoms with Gasteiger partial charge in [-0.2, -0.15) is 0 Å². The number of hydrogen-bond acceptors (Lipinski definition) is 3. The van der Waals surface area contributed by atoms with Gasteiger partial charge >= 0.3 is 0 Å². The number of carbonyl (C=O) groups excluding carboxylic acids is 1. The van der Waals surface area contributed by atoms with Crippen molar-refractivity contribution in [3.8, 4) is 0 Å². The summed E-state index contributed by atoms with van der Waals surface area (Å²) < 4.78 is 0. The summed E-state index contributed by atoms with van der Waals surface area (Å²) in [5, 5.41) is 23.4. The average Bonchev–Trinajstić information content (AvgIpc) is 3.39. The number of carbonyl (C=O) groups is 1. The Hall–Kier alpha value is -2.69. The highest BCUT2D eigenvalue weighted by atomic mass is 16.3. The SMILES string of the molecule is CC/C=C\C/C=C\C/C=C\C/C=C\C/C=C\C/C=C\C/C=C\C/C=C\CCCCCCCCC(=O)NC(CO)C(O)CCCCCCCCCCCCCCCCCCCCCCCCCCCCCCC. The molecule has 2 atom stereocenters. The first-order valence-corrected chi connectivity index (χ1v) is 31.4. The van der Waals surface area contributed by atoms with Gasteiger partial charge in [0.05, 0.1) is 18.8 Å². The summed E-state index contributed by atoms with van der Waals surface area (Å²) in [6.45, 7) is 4.26. The Morgan fingerprint density at radius 1 is 0.347 bits per heavy atom. The van der Waals surface area contributed by atoms with Crippen LogP contribution in [0.4, 0.5) is 0 Å². The van der Waals surface area contributed by atoms with Gasteiger partial charge in [-0.15, -0.1) is 0 Å². The zero-order chi connectivity index (χ0) is 52.0. The molecule has 0 aliphatic carbocycles. The van der Waals surface area contributed by atoms with Crippen LogP contribution in [-0.2, 0) is 4.79 Å². The van der Waals surface area contributed by atoms with Gasteiger partial charge in [0, 0.05) is 6.42 Å². The van der Waals surface area contributed by atoms with Crippen LogP contribution in [-0.4, -0.2) is 34.9 Å². The summed E-state index contributed by atoms with van der Waals surface area (Å²) in [6.07, 6.45) is 92.7. The van der Waals surface area contributed by atoms with E-state index in [1.807, 2.05) is 0 Å². The van der Waals surface area contributed by atoms with Crippen LogP contribution in [0, 0.1) is 0 Å². The summed E-state index contributed by atoms with van der Waals surface area (Å²) in [6, 6.07) is -0.553. The zero-order valence-electron chi connectivity index (χ0n) is 47.9. The van der Waals surface area contributed by atoms with Crippen molar-refractivity contribution in [3.05, 3.63) is 97.2 Å². The topological polar surface area (TPSA) is 69.6 Å². The molecule has 0 bridgehead atoms. The molecular weight excluding hydrogens is 879 g/mol. The summed E-state index contributed by atoms with van der Waals surface area (Å²) in [5.74, 6) is -0.0461. The van der Waals surface area contributed by atoms with E-state index < -0.39 is 12.1 Å². The Kier molecular flexibility index (Phi) is 60.3. The molecule has 0 aromatic heterocycles. The fraction of sp³-hybridized carbons (Fsp3) is 0.750. The molecule has 2 unspecified atom stereocenters.